The molecule has 2 aliphatic heterocycles. The normalized spacial score (nSPS) is 10.9. The Bertz CT molecular complexity index is 941. The Morgan fingerprint density at radius 3 is 2.48 bits per heavy atom. The lowest BCUT2D eigenvalue weighted by Gasteiger charge is -2.14. The first-order chi connectivity index (χ1) is 11.0. The average Bonchev–Trinajstić information content (AvgIpc) is 2.59. The number of ether oxygens (including phenoxy) is 1. The van der Waals surface area contributed by atoms with Gasteiger partial charge in [0.25, 0.3) is 5.56 Å². The van der Waals surface area contributed by atoms with Gasteiger partial charge in [0.05, 0.1) is 18.4 Å². The van der Waals surface area contributed by atoms with Crippen LogP contribution in [0.4, 0.5) is 0 Å². The van der Waals surface area contributed by atoms with Crippen LogP contribution in [-0.4, -0.2) is 26.4 Å². The smallest absolute Gasteiger partial charge is 0.352 e. The summed E-state index contributed by atoms with van der Waals surface area (Å²) >= 11 is 0. The second-order valence-electron chi connectivity index (χ2n) is 5.07. The molecule has 0 spiro atoms. The summed E-state index contributed by atoms with van der Waals surface area (Å²) in [5.41, 5.74) is 0.903. The molecule has 7 heteroatoms. The molecule has 0 bridgehead atoms. The number of aromatic nitrogens is 4. The maximum Gasteiger partial charge on any atom is 0.352 e. The van der Waals surface area contributed by atoms with Gasteiger partial charge in [0.15, 0.2) is 5.82 Å². The van der Waals surface area contributed by atoms with Crippen LogP contribution in [0, 0.1) is 0 Å². The highest BCUT2D eigenvalue weighted by Crippen LogP contribution is 2.24. The third-order valence-electron chi connectivity index (χ3n) is 3.70. The predicted octanol–water partition coefficient (Wildman–Crippen LogP) is 1.14. The Kier molecular flexibility index (Phi) is 3.69. The highest BCUT2D eigenvalue weighted by molar-refractivity contribution is 5.67. The Morgan fingerprint density at radius 2 is 1.87 bits per heavy atom. The summed E-state index contributed by atoms with van der Waals surface area (Å²) in [5, 5.41) is 4.48. The monoisotopic (exact) mass is 312 g/mol. The molecule has 1 aromatic carbocycles. The number of methoxy groups -OCH3 is 1. The summed E-state index contributed by atoms with van der Waals surface area (Å²) in [6, 6.07) is 9.06. The lowest BCUT2D eigenvalue weighted by molar-refractivity contribution is 0.415. The van der Waals surface area contributed by atoms with Crippen molar-refractivity contribution < 1.29 is 4.74 Å². The molecule has 7 nitrogen and oxygen atoms in total. The molecule has 23 heavy (non-hydrogen) atoms. The predicted molar refractivity (Wildman–Crippen MR) is 85.8 cm³/mol. The van der Waals surface area contributed by atoms with Crippen LogP contribution in [0.15, 0.2) is 39.9 Å². The number of hydrogen-bond acceptors (Lipinski definition) is 5. The van der Waals surface area contributed by atoms with E-state index in [9.17, 15) is 9.59 Å². The second kappa shape index (κ2) is 5.68. The lowest BCUT2D eigenvalue weighted by atomic mass is 10.1. The van der Waals surface area contributed by atoms with Crippen molar-refractivity contribution >= 4 is 0 Å². The molecule has 0 fully saturated rings. The van der Waals surface area contributed by atoms with Gasteiger partial charge in [-0.05, 0) is 37.3 Å². The number of rotatable bonds is 3. The molecule has 0 saturated carbocycles. The third-order valence-corrected chi connectivity index (χ3v) is 3.70. The number of hydrogen-bond donors (Lipinski definition) is 0. The Balaban J connectivity index is 2.28. The fraction of sp³-hybridized carbons (Fsp3) is 0.250. The van der Waals surface area contributed by atoms with Crippen LogP contribution in [-0.2, 0) is 13.6 Å². The SMILES string of the molecule is CCn1nc(-c2ccc(OC)cc2)cc2c(=O)n(C)c(=O)nc1-2. The molecular weight excluding hydrogens is 296 g/mol. The van der Waals surface area contributed by atoms with Crippen LogP contribution < -0.4 is 16.0 Å². The quantitative estimate of drug-likeness (QED) is 0.724. The molecule has 118 valence electrons. The first-order valence-corrected chi connectivity index (χ1v) is 7.18. The topological polar surface area (TPSA) is 79.0 Å². The van der Waals surface area contributed by atoms with Crippen molar-refractivity contribution in [3.05, 3.63) is 51.2 Å². The van der Waals surface area contributed by atoms with E-state index >= 15 is 0 Å². The van der Waals surface area contributed by atoms with Gasteiger partial charge in [0.2, 0.25) is 0 Å². The van der Waals surface area contributed by atoms with Crippen molar-refractivity contribution in [3.63, 3.8) is 0 Å². The Labute approximate surface area is 132 Å². The zero-order valence-corrected chi connectivity index (χ0v) is 13.1. The summed E-state index contributed by atoms with van der Waals surface area (Å²) in [7, 11) is 3.02. The first kappa shape index (κ1) is 15.0. The molecule has 2 heterocycles. The fourth-order valence-corrected chi connectivity index (χ4v) is 2.38. The van der Waals surface area contributed by atoms with Crippen molar-refractivity contribution in [2.75, 3.05) is 7.11 Å². The van der Waals surface area contributed by atoms with E-state index in [0.717, 1.165) is 15.9 Å². The molecule has 0 atom stereocenters. The number of benzene rings is 1. The van der Waals surface area contributed by atoms with E-state index < -0.39 is 5.69 Å². The Morgan fingerprint density at radius 1 is 1.17 bits per heavy atom. The highest BCUT2D eigenvalue weighted by Gasteiger charge is 2.18. The highest BCUT2D eigenvalue weighted by atomic mass is 16.5. The van der Waals surface area contributed by atoms with Crippen LogP contribution in [0.25, 0.3) is 22.6 Å². The van der Waals surface area contributed by atoms with Gasteiger partial charge >= 0.3 is 5.69 Å². The van der Waals surface area contributed by atoms with E-state index in [4.69, 9.17) is 4.74 Å². The van der Waals surface area contributed by atoms with Gasteiger partial charge in [-0.15, -0.1) is 0 Å². The number of fused-ring (bicyclic) bond motifs is 1. The van der Waals surface area contributed by atoms with Gasteiger partial charge < -0.3 is 4.74 Å². The number of aryl methyl sites for hydroxylation is 1. The summed E-state index contributed by atoms with van der Waals surface area (Å²) in [5.74, 6) is 1.05. The lowest BCUT2D eigenvalue weighted by Crippen LogP contribution is -2.36. The van der Waals surface area contributed by atoms with Crippen molar-refractivity contribution in [2.24, 2.45) is 7.05 Å². The molecule has 2 aliphatic rings. The van der Waals surface area contributed by atoms with Crippen LogP contribution >= 0.6 is 0 Å². The summed E-state index contributed by atoms with van der Waals surface area (Å²) in [6.45, 7) is 2.38. The van der Waals surface area contributed by atoms with E-state index in [1.165, 1.54) is 7.05 Å². The zero-order chi connectivity index (χ0) is 16.6. The van der Waals surface area contributed by atoms with Gasteiger partial charge in [-0.1, -0.05) is 0 Å². The summed E-state index contributed by atoms with van der Waals surface area (Å²) in [4.78, 5) is 28.1. The van der Waals surface area contributed by atoms with Crippen molar-refractivity contribution in [2.45, 2.75) is 13.5 Å². The molecule has 0 radical (unpaired) electrons. The first-order valence-electron chi connectivity index (χ1n) is 7.18. The van der Waals surface area contributed by atoms with Crippen molar-refractivity contribution in [3.8, 4) is 28.4 Å². The molecule has 3 rings (SSSR count). The van der Waals surface area contributed by atoms with Crippen LogP contribution in [0.3, 0.4) is 0 Å². The van der Waals surface area contributed by atoms with Crippen LogP contribution in [0.2, 0.25) is 0 Å². The summed E-state index contributed by atoms with van der Waals surface area (Å²) < 4.78 is 7.71. The summed E-state index contributed by atoms with van der Waals surface area (Å²) in [6.07, 6.45) is 0. The minimum absolute atomic E-state index is 0.304. The van der Waals surface area contributed by atoms with Crippen molar-refractivity contribution in [1.82, 2.24) is 19.3 Å². The molecular formula is C16H16N4O3. The molecule has 0 saturated heterocycles. The van der Waals surface area contributed by atoms with E-state index in [0.29, 0.717) is 23.6 Å². The molecule has 1 aromatic rings. The van der Waals surface area contributed by atoms with Crippen LogP contribution in [0.5, 0.6) is 5.75 Å². The van der Waals surface area contributed by atoms with Crippen molar-refractivity contribution in [1.29, 1.82) is 0 Å². The second-order valence-corrected chi connectivity index (χ2v) is 5.07. The van der Waals surface area contributed by atoms with Gasteiger partial charge in [0, 0.05) is 19.2 Å². The molecule has 0 aliphatic carbocycles. The molecule has 0 unspecified atom stereocenters. The fourth-order valence-electron chi connectivity index (χ4n) is 2.38. The van der Waals surface area contributed by atoms with E-state index in [1.54, 1.807) is 17.9 Å². The van der Waals surface area contributed by atoms with Gasteiger partial charge in [-0.25, -0.2) is 9.48 Å². The largest absolute Gasteiger partial charge is 0.497 e. The molecule has 0 amide bonds. The van der Waals surface area contributed by atoms with Gasteiger partial charge in [-0.2, -0.15) is 10.1 Å². The molecule has 0 N–H and O–H groups in total. The maximum absolute atomic E-state index is 12.4. The maximum atomic E-state index is 12.4. The van der Waals surface area contributed by atoms with E-state index in [2.05, 4.69) is 10.1 Å². The van der Waals surface area contributed by atoms with E-state index in [1.807, 2.05) is 31.2 Å². The average molecular weight is 312 g/mol. The zero-order valence-electron chi connectivity index (χ0n) is 13.1. The van der Waals surface area contributed by atoms with Gasteiger partial charge in [0.1, 0.15) is 5.75 Å². The molecule has 0 aromatic heterocycles. The standard InChI is InChI=1S/C16H16N4O3/c1-4-20-14-12(15(21)19(2)16(22)17-14)9-13(18-20)10-5-7-11(23-3)8-6-10/h5-9H,4H2,1-3H3. The van der Waals surface area contributed by atoms with E-state index in [-0.39, 0.29) is 5.56 Å². The number of nitrogens with zero attached hydrogens (tertiary/aromatic N) is 4. The van der Waals surface area contributed by atoms with Gasteiger partial charge in [-0.3, -0.25) is 9.36 Å². The third kappa shape index (κ3) is 2.50. The Hall–Kier alpha value is -2.96. The minimum Gasteiger partial charge on any atom is -0.497 e. The minimum atomic E-state index is -0.580. The van der Waals surface area contributed by atoms with Crippen LogP contribution in [0.1, 0.15) is 6.92 Å².